The van der Waals surface area contributed by atoms with Crippen LogP contribution in [0.15, 0.2) is 12.2 Å². The smallest absolute Gasteiger partial charge is 0.187 e. The molecule has 55 heavy (non-hydrogen) atoms. The molecule has 0 aromatic rings. The zero-order valence-electron chi connectivity index (χ0n) is 33.1. The average molecular weight is 789 g/mol. The first kappa shape index (κ1) is 43.7. The molecule has 23 atom stereocenters. The molecule has 2 saturated heterocycles. The number of aliphatic hydroxyl groups is 10. The van der Waals surface area contributed by atoms with Crippen molar-refractivity contribution in [2.75, 3.05) is 26.9 Å². The first-order valence-electron chi connectivity index (χ1n) is 20.4. The van der Waals surface area contributed by atoms with Crippen LogP contribution < -0.4 is 0 Å². The van der Waals surface area contributed by atoms with Gasteiger partial charge in [0.05, 0.1) is 49.8 Å². The van der Waals surface area contributed by atoms with Crippen molar-refractivity contribution >= 4 is 0 Å². The first-order chi connectivity index (χ1) is 25.8. The highest BCUT2D eigenvalue weighted by molar-refractivity contribution is 5.21. The van der Waals surface area contributed by atoms with Gasteiger partial charge < -0.3 is 74.7 Å². The molecule has 6 fully saturated rings. The molecule has 6 rings (SSSR count). The molecular weight excluding hydrogens is 720 g/mol. The van der Waals surface area contributed by atoms with Crippen LogP contribution >= 0.6 is 0 Å². The van der Waals surface area contributed by atoms with Crippen molar-refractivity contribution in [1.29, 1.82) is 0 Å². The van der Waals surface area contributed by atoms with E-state index < -0.39 is 115 Å². The third kappa shape index (κ3) is 7.61. The Hall–Kier alpha value is -0.860. The Kier molecular flexibility index (Phi) is 13.2. The predicted octanol–water partition coefficient (Wildman–Crippen LogP) is -0.568. The minimum absolute atomic E-state index is 0.0106. The van der Waals surface area contributed by atoms with E-state index in [4.69, 9.17) is 23.7 Å². The second kappa shape index (κ2) is 16.7. The molecule has 0 amide bonds. The van der Waals surface area contributed by atoms with Gasteiger partial charge in [-0.2, -0.15) is 0 Å². The summed E-state index contributed by atoms with van der Waals surface area (Å²) in [5, 5.41) is 109. The molecule has 14 unspecified atom stereocenters. The van der Waals surface area contributed by atoms with Gasteiger partial charge in [0.2, 0.25) is 0 Å². The topological polar surface area (TPSA) is 248 Å². The molecule has 2 heterocycles. The molecular formula is C40H68O15. The van der Waals surface area contributed by atoms with Gasteiger partial charge in [0.1, 0.15) is 42.7 Å². The van der Waals surface area contributed by atoms with Gasteiger partial charge in [-0.1, -0.05) is 46.8 Å². The third-order valence-corrected chi connectivity index (χ3v) is 15.4. The fraction of sp³-hybridized carbons (Fsp3) is 0.950. The molecule has 0 aromatic heterocycles. The number of methoxy groups -OCH3 is 1. The van der Waals surface area contributed by atoms with Crippen LogP contribution in [0.4, 0.5) is 0 Å². The molecule has 15 heteroatoms. The summed E-state index contributed by atoms with van der Waals surface area (Å²) in [5.41, 5.74) is -2.28. The van der Waals surface area contributed by atoms with Crippen LogP contribution in [0.1, 0.15) is 73.1 Å². The van der Waals surface area contributed by atoms with Crippen molar-refractivity contribution in [2.45, 2.75) is 158 Å². The minimum atomic E-state index is -1.42. The summed E-state index contributed by atoms with van der Waals surface area (Å²) in [6.07, 6.45) is -7.55. The van der Waals surface area contributed by atoms with E-state index in [2.05, 4.69) is 32.9 Å². The van der Waals surface area contributed by atoms with Gasteiger partial charge in [-0.25, -0.2) is 0 Å². The summed E-state index contributed by atoms with van der Waals surface area (Å²) in [6, 6.07) is 0. The zero-order valence-corrected chi connectivity index (χ0v) is 33.1. The van der Waals surface area contributed by atoms with Crippen molar-refractivity contribution in [3.8, 4) is 0 Å². The highest BCUT2D eigenvalue weighted by atomic mass is 16.8. The fourth-order valence-corrected chi connectivity index (χ4v) is 12.2. The molecule has 4 saturated carbocycles. The van der Waals surface area contributed by atoms with Gasteiger partial charge in [-0.3, -0.25) is 0 Å². The maximum atomic E-state index is 12.6. The maximum absolute atomic E-state index is 12.6. The summed E-state index contributed by atoms with van der Waals surface area (Å²) >= 11 is 0. The van der Waals surface area contributed by atoms with E-state index in [0.717, 1.165) is 6.42 Å². The third-order valence-electron chi connectivity index (χ3n) is 15.4. The number of fused-ring (bicyclic) bond motifs is 5. The lowest BCUT2D eigenvalue weighted by Gasteiger charge is -2.66. The number of hydrogen-bond acceptors (Lipinski definition) is 15. The summed E-state index contributed by atoms with van der Waals surface area (Å²) in [7, 11) is 1.32. The molecule has 318 valence electrons. The second-order valence-electron chi connectivity index (χ2n) is 18.6. The van der Waals surface area contributed by atoms with Crippen LogP contribution in [0.5, 0.6) is 0 Å². The van der Waals surface area contributed by atoms with Crippen molar-refractivity contribution in [3.05, 3.63) is 12.2 Å². The second-order valence-corrected chi connectivity index (χ2v) is 18.6. The van der Waals surface area contributed by atoms with Gasteiger partial charge in [-0.05, 0) is 72.5 Å². The van der Waals surface area contributed by atoms with Crippen LogP contribution in [-0.2, 0) is 23.7 Å². The van der Waals surface area contributed by atoms with E-state index in [1.807, 2.05) is 13.8 Å². The molecule has 10 N–H and O–H groups in total. The van der Waals surface area contributed by atoms with Crippen LogP contribution in [0.3, 0.4) is 0 Å². The molecule has 6 aliphatic rings. The van der Waals surface area contributed by atoms with Crippen LogP contribution in [0.25, 0.3) is 0 Å². The number of ether oxygens (including phenoxy) is 5. The SMILES string of the molecule is COC1C(OC2C(OCC(C)C(C)/C=C/[C@@H](C)[C@H]3C[C@@H](O)C4[C@]5(O)C[C@H](O)C6[C@@H](O)[C@@H](O)CC[C@]6(C)C5CC[C@@]43C)OC(C(O)CO)C2O)OCC(O)C1O. The molecule has 2 aliphatic heterocycles. The average Bonchev–Trinajstić information content (AvgIpc) is 3.60. The van der Waals surface area contributed by atoms with Gasteiger partial charge >= 0.3 is 0 Å². The summed E-state index contributed by atoms with van der Waals surface area (Å²) in [4.78, 5) is 0. The Morgan fingerprint density at radius 3 is 2.18 bits per heavy atom. The predicted molar refractivity (Wildman–Crippen MR) is 195 cm³/mol. The minimum Gasteiger partial charge on any atom is -0.394 e. The quantitative estimate of drug-likeness (QED) is 0.111. The van der Waals surface area contributed by atoms with Crippen LogP contribution in [-0.4, -0.2) is 163 Å². The Balaban J connectivity index is 1.10. The number of rotatable bonds is 12. The highest BCUT2D eigenvalue weighted by Crippen LogP contribution is 2.69. The lowest BCUT2D eigenvalue weighted by atomic mass is 9.41. The van der Waals surface area contributed by atoms with Crippen molar-refractivity contribution < 1.29 is 74.7 Å². The van der Waals surface area contributed by atoms with Crippen molar-refractivity contribution in [1.82, 2.24) is 0 Å². The van der Waals surface area contributed by atoms with Gasteiger partial charge in [0.15, 0.2) is 12.6 Å². The number of aliphatic hydroxyl groups excluding tert-OH is 9. The summed E-state index contributed by atoms with van der Waals surface area (Å²) < 4.78 is 28.9. The van der Waals surface area contributed by atoms with E-state index in [9.17, 15) is 51.1 Å². The van der Waals surface area contributed by atoms with Gasteiger partial charge in [0, 0.05) is 25.4 Å². The van der Waals surface area contributed by atoms with E-state index in [0.29, 0.717) is 25.7 Å². The lowest BCUT2D eigenvalue weighted by Crippen LogP contribution is -2.70. The number of allylic oxidation sites excluding steroid dienone is 2. The van der Waals surface area contributed by atoms with E-state index in [-0.39, 0.29) is 49.2 Å². The van der Waals surface area contributed by atoms with Crippen molar-refractivity contribution in [2.24, 2.45) is 52.3 Å². The molecule has 4 aliphatic carbocycles. The normalized spacial score (nSPS) is 52.3. The summed E-state index contributed by atoms with van der Waals surface area (Å²) in [5.74, 6) is -1.14. The summed E-state index contributed by atoms with van der Waals surface area (Å²) in [6.45, 7) is 9.66. The lowest BCUT2D eigenvalue weighted by molar-refractivity contribution is -0.308. The van der Waals surface area contributed by atoms with E-state index in [1.54, 1.807) is 0 Å². The highest BCUT2D eigenvalue weighted by Gasteiger charge is 2.71. The molecule has 0 radical (unpaired) electrons. The Labute approximate surface area is 324 Å². The van der Waals surface area contributed by atoms with Gasteiger partial charge in [-0.15, -0.1) is 0 Å². The number of hydrogen-bond donors (Lipinski definition) is 10. The van der Waals surface area contributed by atoms with E-state index in [1.165, 1.54) is 7.11 Å². The standard InChI is InChI=1S/C40H68O15/c1-18(20(3)16-52-37-34(31(49)32(54-37)25(45)15-41)55-36-33(51-6)30(48)26(46)17-53-36)7-8-19(2)21-13-23(43)35-38(21,4)12-10-27-39(5)11-9-22(42)29(47)28(39)24(44)14-40(27,35)50/h7-8,18-37,41-50H,9-17H2,1-6H3/b8-7+/t18?,19-,20?,21-,22+,23-,24+,25?,26?,27?,28?,29+,30?,31?,32?,33?,34?,35?,36?,37?,38-,39-,40+/m1/s1. The van der Waals surface area contributed by atoms with Gasteiger partial charge in [0.25, 0.3) is 0 Å². The van der Waals surface area contributed by atoms with Crippen LogP contribution in [0.2, 0.25) is 0 Å². The zero-order chi connectivity index (χ0) is 40.4. The molecule has 0 aromatic carbocycles. The monoisotopic (exact) mass is 788 g/mol. The molecule has 15 nitrogen and oxygen atoms in total. The maximum Gasteiger partial charge on any atom is 0.187 e. The Morgan fingerprint density at radius 1 is 0.818 bits per heavy atom. The Bertz CT molecular complexity index is 1320. The largest absolute Gasteiger partial charge is 0.394 e. The van der Waals surface area contributed by atoms with E-state index >= 15 is 0 Å². The molecule has 0 bridgehead atoms. The Morgan fingerprint density at radius 2 is 1.51 bits per heavy atom. The first-order valence-corrected chi connectivity index (χ1v) is 20.4. The fourth-order valence-electron chi connectivity index (χ4n) is 12.2. The van der Waals surface area contributed by atoms with Crippen LogP contribution in [0, 0.1) is 52.3 Å². The molecule has 0 spiro atoms. The van der Waals surface area contributed by atoms with Crippen molar-refractivity contribution in [3.63, 3.8) is 0 Å².